The molecule has 0 aliphatic rings. The third-order valence-electron chi connectivity index (χ3n) is 5.38. The number of aryl methyl sites for hydroxylation is 3. The van der Waals surface area contributed by atoms with Gasteiger partial charge < -0.3 is 14.6 Å². The summed E-state index contributed by atoms with van der Waals surface area (Å²) < 4.78 is 7.31. The van der Waals surface area contributed by atoms with E-state index in [4.69, 9.17) is 9.72 Å². The molecule has 0 aliphatic heterocycles. The molecule has 3 aromatic carbocycles. The Morgan fingerprint density at radius 2 is 1.76 bits per heavy atom. The average molecular weight is 474 g/mol. The summed E-state index contributed by atoms with van der Waals surface area (Å²) in [6, 6.07) is 22.0. The Labute approximate surface area is 203 Å². The molecule has 6 nitrogen and oxygen atoms in total. The van der Waals surface area contributed by atoms with Crippen molar-refractivity contribution in [1.29, 1.82) is 0 Å². The Balaban J connectivity index is 1.38. The van der Waals surface area contributed by atoms with Crippen molar-refractivity contribution in [3.8, 4) is 0 Å². The van der Waals surface area contributed by atoms with Gasteiger partial charge in [0.2, 0.25) is 0 Å². The van der Waals surface area contributed by atoms with Crippen LogP contribution in [0.4, 0.5) is 5.69 Å². The van der Waals surface area contributed by atoms with Gasteiger partial charge in [0.25, 0.3) is 5.91 Å². The van der Waals surface area contributed by atoms with Gasteiger partial charge in [0.05, 0.1) is 23.3 Å². The number of amides is 1. The lowest BCUT2D eigenvalue weighted by Gasteiger charge is -2.11. The van der Waals surface area contributed by atoms with Gasteiger partial charge in [-0.1, -0.05) is 71.4 Å². The van der Waals surface area contributed by atoms with E-state index < -0.39 is 5.97 Å². The van der Waals surface area contributed by atoms with Crippen LogP contribution < -0.4 is 5.32 Å². The van der Waals surface area contributed by atoms with Crippen LogP contribution in [0.3, 0.4) is 0 Å². The number of aromatic nitrogens is 2. The molecule has 0 fully saturated rings. The van der Waals surface area contributed by atoms with E-state index in [1.54, 1.807) is 0 Å². The first-order valence-corrected chi connectivity index (χ1v) is 12.0. The maximum Gasteiger partial charge on any atom is 0.316 e. The van der Waals surface area contributed by atoms with Crippen molar-refractivity contribution in [3.05, 3.63) is 89.0 Å². The minimum Gasteiger partial charge on any atom is -0.455 e. The molecule has 4 rings (SSSR count). The van der Waals surface area contributed by atoms with Gasteiger partial charge in [-0.3, -0.25) is 9.59 Å². The number of hydrogen-bond acceptors (Lipinski definition) is 5. The van der Waals surface area contributed by atoms with E-state index in [1.807, 2.05) is 62.4 Å². The second-order valence-electron chi connectivity index (χ2n) is 8.27. The number of esters is 1. The molecular weight excluding hydrogens is 446 g/mol. The van der Waals surface area contributed by atoms with E-state index in [0.717, 1.165) is 32.9 Å². The first kappa shape index (κ1) is 23.6. The van der Waals surface area contributed by atoms with E-state index in [9.17, 15) is 9.59 Å². The van der Waals surface area contributed by atoms with Gasteiger partial charge in [0.15, 0.2) is 11.8 Å². The van der Waals surface area contributed by atoms with Crippen molar-refractivity contribution < 1.29 is 14.3 Å². The molecule has 7 heteroatoms. The SMILES string of the molecule is Cc1cccc(Cn2c(SCC(=O)OCC(=O)Nc3ccc(C)cc3C)nc3ccccc32)c1. The molecule has 0 saturated heterocycles. The zero-order valence-electron chi connectivity index (χ0n) is 19.5. The number of fused-ring (bicyclic) bond motifs is 1. The van der Waals surface area contributed by atoms with Crippen molar-refractivity contribution in [2.75, 3.05) is 17.7 Å². The zero-order valence-corrected chi connectivity index (χ0v) is 20.3. The minimum atomic E-state index is -0.463. The molecule has 0 spiro atoms. The topological polar surface area (TPSA) is 73.2 Å². The predicted molar refractivity (Wildman–Crippen MR) is 136 cm³/mol. The first-order chi connectivity index (χ1) is 16.4. The van der Waals surface area contributed by atoms with Crippen LogP contribution >= 0.6 is 11.8 Å². The molecule has 1 N–H and O–H groups in total. The Kier molecular flexibility index (Phi) is 7.33. The summed E-state index contributed by atoms with van der Waals surface area (Å²) >= 11 is 1.31. The fraction of sp³-hybridized carbons (Fsp3) is 0.222. The summed E-state index contributed by atoms with van der Waals surface area (Å²) in [6.45, 7) is 6.31. The smallest absolute Gasteiger partial charge is 0.316 e. The van der Waals surface area contributed by atoms with Gasteiger partial charge in [-0.05, 0) is 50.1 Å². The summed E-state index contributed by atoms with van der Waals surface area (Å²) in [5, 5.41) is 3.52. The number of benzene rings is 3. The van der Waals surface area contributed by atoms with Gasteiger partial charge in [0.1, 0.15) is 0 Å². The van der Waals surface area contributed by atoms with Gasteiger partial charge >= 0.3 is 5.97 Å². The Morgan fingerprint density at radius 3 is 2.56 bits per heavy atom. The molecule has 174 valence electrons. The molecular formula is C27H27N3O3S. The van der Waals surface area contributed by atoms with Crippen LogP contribution in [0.1, 0.15) is 22.3 Å². The predicted octanol–water partition coefficient (Wildman–Crippen LogP) is 5.28. The van der Waals surface area contributed by atoms with Crippen LogP contribution in [-0.4, -0.2) is 33.8 Å². The maximum atomic E-state index is 12.4. The third-order valence-corrected chi connectivity index (χ3v) is 6.33. The summed E-state index contributed by atoms with van der Waals surface area (Å²) in [7, 11) is 0. The molecule has 34 heavy (non-hydrogen) atoms. The van der Waals surface area contributed by atoms with Crippen molar-refractivity contribution >= 4 is 40.4 Å². The number of nitrogens with one attached hydrogen (secondary N) is 1. The van der Waals surface area contributed by atoms with E-state index in [2.05, 4.69) is 35.0 Å². The lowest BCUT2D eigenvalue weighted by molar-refractivity contribution is -0.144. The zero-order chi connectivity index (χ0) is 24.1. The highest BCUT2D eigenvalue weighted by Crippen LogP contribution is 2.25. The summed E-state index contributed by atoms with van der Waals surface area (Å²) in [5.41, 5.74) is 7.03. The maximum absolute atomic E-state index is 12.4. The molecule has 0 saturated carbocycles. The fourth-order valence-electron chi connectivity index (χ4n) is 3.76. The van der Waals surface area contributed by atoms with Gasteiger partial charge in [-0.25, -0.2) is 4.98 Å². The minimum absolute atomic E-state index is 0.0635. The Bertz CT molecular complexity index is 1350. The van der Waals surface area contributed by atoms with Crippen molar-refractivity contribution in [1.82, 2.24) is 9.55 Å². The lowest BCUT2D eigenvalue weighted by Crippen LogP contribution is -2.22. The lowest BCUT2D eigenvalue weighted by atomic mass is 10.1. The number of imidazole rings is 1. The first-order valence-electron chi connectivity index (χ1n) is 11.1. The number of thioether (sulfide) groups is 1. The molecule has 1 heterocycles. The molecule has 0 bridgehead atoms. The molecule has 1 amide bonds. The quantitative estimate of drug-likeness (QED) is 0.278. The van der Waals surface area contributed by atoms with Crippen LogP contribution in [0.2, 0.25) is 0 Å². The summed E-state index contributed by atoms with van der Waals surface area (Å²) in [5.74, 6) is -0.763. The third kappa shape index (κ3) is 5.85. The van der Waals surface area contributed by atoms with Gasteiger partial charge in [-0.2, -0.15) is 0 Å². The Morgan fingerprint density at radius 1 is 0.971 bits per heavy atom. The fourth-order valence-corrected chi connectivity index (χ4v) is 4.57. The standard InChI is InChI=1S/C27H27N3O3S/c1-18-7-6-8-21(14-18)15-30-24-10-5-4-9-23(24)29-27(30)34-17-26(32)33-16-25(31)28-22-12-11-19(2)13-20(22)3/h4-14H,15-17H2,1-3H3,(H,28,31). The Hall–Kier alpha value is -3.58. The highest BCUT2D eigenvalue weighted by Gasteiger charge is 2.15. The number of ether oxygens (including phenoxy) is 1. The molecule has 0 aliphatic carbocycles. The number of rotatable bonds is 8. The summed E-state index contributed by atoms with van der Waals surface area (Å²) in [4.78, 5) is 29.3. The van der Waals surface area contributed by atoms with Gasteiger partial charge in [0, 0.05) is 5.69 Å². The van der Waals surface area contributed by atoms with Crippen molar-refractivity contribution in [2.45, 2.75) is 32.5 Å². The van der Waals surface area contributed by atoms with Crippen molar-refractivity contribution in [3.63, 3.8) is 0 Å². The molecule has 4 aromatic rings. The number of anilines is 1. The highest BCUT2D eigenvalue weighted by atomic mass is 32.2. The molecule has 1 aromatic heterocycles. The van der Waals surface area contributed by atoms with Gasteiger partial charge in [-0.15, -0.1) is 0 Å². The largest absolute Gasteiger partial charge is 0.455 e. The molecule has 0 radical (unpaired) electrons. The van der Waals surface area contributed by atoms with E-state index in [-0.39, 0.29) is 18.3 Å². The number of hydrogen-bond donors (Lipinski definition) is 1. The van der Waals surface area contributed by atoms with Crippen LogP contribution in [0.25, 0.3) is 11.0 Å². The van der Waals surface area contributed by atoms with Crippen LogP contribution in [0, 0.1) is 20.8 Å². The van der Waals surface area contributed by atoms with Crippen LogP contribution in [-0.2, 0) is 20.9 Å². The normalized spacial score (nSPS) is 10.9. The molecule has 0 unspecified atom stereocenters. The van der Waals surface area contributed by atoms with E-state index >= 15 is 0 Å². The number of para-hydroxylation sites is 2. The second kappa shape index (κ2) is 10.6. The van der Waals surface area contributed by atoms with E-state index in [1.165, 1.54) is 17.3 Å². The number of carbonyl (C=O) groups is 2. The van der Waals surface area contributed by atoms with Crippen LogP contribution in [0.15, 0.2) is 71.9 Å². The van der Waals surface area contributed by atoms with Crippen LogP contribution in [0.5, 0.6) is 0 Å². The average Bonchev–Trinajstić information content (AvgIpc) is 3.15. The second-order valence-corrected chi connectivity index (χ2v) is 9.22. The number of carbonyl (C=O) groups excluding carboxylic acids is 2. The highest BCUT2D eigenvalue weighted by molar-refractivity contribution is 7.99. The molecule has 0 atom stereocenters. The monoisotopic (exact) mass is 473 g/mol. The number of nitrogens with zero attached hydrogens (tertiary/aromatic N) is 2. The summed E-state index contributed by atoms with van der Waals surface area (Å²) in [6.07, 6.45) is 0. The van der Waals surface area contributed by atoms with E-state index in [0.29, 0.717) is 12.2 Å². The van der Waals surface area contributed by atoms with Crippen molar-refractivity contribution in [2.24, 2.45) is 0 Å².